The summed E-state index contributed by atoms with van der Waals surface area (Å²) in [5.41, 5.74) is 9.28. The molecule has 2 heteroatoms. The Morgan fingerprint density at radius 3 is 2.24 bits per heavy atom. The van der Waals surface area contributed by atoms with E-state index in [1.807, 2.05) is 12.1 Å². The molecule has 2 rings (SSSR count). The molecule has 0 radical (unpaired) electrons. The van der Waals surface area contributed by atoms with Crippen molar-refractivity contribution in [3.63, 3.8) is 0 Å². The number of rotatable bonds is 3. The summed E-state index contributed by atoms with van der Waals surface area (Å²) in [5, 5.41) is 0. The van der Waals surface area contributed by atoms with Crippen molar-refractivity contribution in [1.82, 2.24) is 0 Å². The minimum absolute atomic E-state index is 0.812. The topological polar surface area (TPSA) is 26.0 Å². The quantitative estimate of drug-likeness (QED) is 0.814. The number of nitrogen functional groups attached to an aromatic ring is 1. The van der Waals surface area contributed by atoms with E-state index >= 15 is 0 Å². The Labute approximate surface area is 107 Å². The summed E-state index contributed by atoms with van der Waals surface area (Å²) in [7, 11) is 0. The zero-order valence-electron chi connectivity index (χ0n) is 10.2. The van der Waals surface area contributed by atoms with Crippen LogP contribution in [0, 0.1) is 6.92 Å². The highest BCUT2D eigenvalue weighted by Crippen LogP contribution is 2.29. The second-order valence-electron chi connectivity index (χ2n) is 4.11. The Kier molecular flexibility index (Phi) is 3.75. The SMILES string of the molecule is CCc1ccc(Sc2ccc(N)cc2)cc1C. The summed E-state index contributed by atoms with van der Waals surface area (Å²) in [5.74, 6) is 0. The summed E-state index contributed by atoms with van der Waals surface area (Å²) in [4.78, 5) is 2.51. The molecule has 2 aromatic rings. The van der Waals surface area contributed by atoms with Gasteiger partial charge in [0, 0.05) is 15.5 Å². The second-order valence-corrected chi connectivity index (χ2v) is 5.26. The van der Waals surface area contributed by atoms with Gasteiger partial charge in [-0.2, -0.15) is 0 Å². The normalized spacial score (nSPS) is 10.5. The molecule has 0 aromatic heterocycles. The van der Waals surface area contributed by atoms with Crippen LogP contribution in [0.5, 0.6) is 0 Å². The maximum atomic E-state index is 5.67. The lowest BCUT2D eigenvalue weighted by Crippen LogP contribution is -1.86. The van der Waals surface area contributed by atoms with Gasteiger partial charge in [0.1, 0.15) is 0 Å². The van der Waals surface area contributed by atoms with Crippen molar-refractivity contribution in [2.45, 2.75) is 30.1 Å². The van der Waals surface area contributed by atoms with Gasteiger partial charge in [0.15, 0.2) is 0 Å². The number of anilines is 1. The van der Waals surface area contributed by atoms with Crippen LogP contribution in [0.25, 0.3) is 0 Å². The van der Waals surface area contributed by atoms with E-state index in [0.29, 0.717) is 0 Å². The third-order valence-corrected chi connectivity index (χ3v) is 3.81. The average molecular weight is 243 g/mol. The third kappa shape index (κ3) is 3.04. The van der Waals surface area contributed by atoms with Gasteiger partial charge in [-0.1, -0.05) is 24.8 Å². The summed E-state index contributed by atoms with van der Waals surface area (Å²) in [6, 6.07) is 14.7. The molecule has 0 saturated heterocycles. The van der Waals surface area contributed by atoms with Crippen LogP contribution >= 0.6 is 11.8 Å². The van der Waals surface area contributed by atoms with E-state index in [4.69, 9.17) is 5.73 Å². The van der Waals surface area contributed by atoms with Crippen LogP contribution in [0.1, 0.15) is 18.1 Å². The monoisotopic (exact) mass is 243 g/mol. The first-order valence-corrected chi connectivity index (χ1v) is 6.63. The molecule has 0 aliphatic carbocycles. The van der Waals surface area contributed by atoms with Gasteiger partial charge in [0.05, 0.1) is 0 Å². The molecule has 2 aromatic carbocycles. The van der Waals surface area contributed by atoms with Gasteiger partial charge in [-0.3, -0.25) is 0 Å². The van der Waals surface area contributed by atoms with Gasteiger partial charge >= 0.3 is 0 Å². The van der Waals surface area contributed by atoms with Crippen LogP contribution in [-0.4, -0.2) is 0 Å². The Morgan fingerprint density at radius 2 is 1.65 bits per heavy atom. The van der Waals surface area contributed by atoms with E-state index < -0.39 is 0 Å². The fourth-order valence-electron chi connectivity index (χ4n) is 1.80. The largest absolute Gasteiger partial charge is 0.399 e. The predicted octanol–water partition coefficient (Wildman–Crippen LogP) is 4.29. The van der Waals surface area contributed by atoms with E-state index in [1.54, 1.807) is 11.8 Å². The minimum atomic E-state index is 0.812. The Hall–Kier alpha value is -1.41. The lowest BCUT2D eigenvalue weighted by molar-refractivity contribution is 1.10. The van der Waals surface area contributed by atoms with Gasteiger partial charge in [-0.15, -0.1) is 0 Å². The second kappa shape index (κ2) is 5.28. The first kappa shape index (κ1) is 12.1. The standard InChI is InChI=1S/C15H17NS/c1-3-12-4-7-15(10-11(12)2)17-14-8-5-13(16)6-9-14/h4-10H,3,16H2,1-2H3. The number of aryl methyl sites for hydroxylation is 2. The maximum absolute atomic E-state index is 5.67. The Balaban J connectivity index is 2.19. The van der Waals surface area contributed by atoms with E-state index in [2.05, 4.69) is 44.2 Å². The summed E-state index contributed by atoms with van der Waals surface area (Å²) in [6.45, 7) is 4.36. The van der Waals surface area contributed by atoms with Crippen LogP contribution in [0.15, 0.2) is 52.3 Å². The van der Waals surface area contributed by atoms with E-state index in [9.17, 15) is 0 Å². The molecule has 0 fully saturated rings. The maximum Gasteiger partial charge on any atom is 0.0314 e. The summed E-state index contributed by atoms with van der Waals surface area (Å²) >= 11 is 1.77. The molecule has 0 spiro atoms. The predicted molar refractivity (Wildman–Crippen MR) is 75.5 cm³/mol. The molecule has 0 aliphatic heterocycles. The average Bonchev–Trinajstić information content (AvgIpc) is 2.32. The molecule has 1 nitrogen and oxygen atoms in total. The molecule has 17 heavy (non-hydrogen) atoms. The van der Waals surface area contributed by atoms with Crippen LogP contribution in [0.3, 0.4) is 0 Å². The Bertz CT molecular complexity index is 503. The van der Waals surface area contributed by atoms with E-state index in [-0.39, 0.29) is 0 Å². The number of benzene rings is 2. The third-order valence-electron chi connectivity index (χ3n) is 2.81. The number of hydrogen-bond donors (Lipinski definition) is 1. The van der Waals surface area contributed by atoms with Crippen LogP contribution in [0.4, 0.5) is 5.69 Å². The molecule has 0 heterocycles. The summed E-state index contributed by atoms with van der Waals surface area (Å²) < 4.78 is 0. The lowest BCUT2D eigenvalue weighted by Gasteiger charge is -2.06. The van der Waals surface area contributed by atoms with Gasteiger partial charge in [-0.05, 0) is 60.9 Å². The van der Waals surface area contributed by atoms with Crippen LogP contribution in [-0.2, 0) is 6.42 Å². The van der Waals surface area contributed by atoms with Crippen molar-refractivity contribution in [1.29, 1.82) is 0 Å². The molecule has 0 bridgehead atoms. The highest BCUT2D eigenvalue weighted by atomic mass is 32.2. The van der Waals surface area contributed by atoms with Crippen LogP contribution in [0.2, 0.25) is 0 Å². The van der Waals surface area contributed by atoms with Gasteiger partial charge in [0.25, 0.3) is 0 Å². The van der Waals surface area contributed by atoms with Crippen molar-refractivity contribution in [2.24, 2.45) is 0 Å². The zero-order valence-corrected chi connectivity index (χ0v) is 11.1. The van der Waals surface area contributed by atoms with Gasteiger partial charge in [0.2, 0.25) is 0 Å². The van der Waals surface area contributed by atoms with Crippen molar-refractivity contribution in [2.75, 3.05) is 5.73 Å². The Morgan fingerprint density at radius 1 is 1.00 bits per heavy atom. The highest BCUT2D eigenvalue weighted by Gasteiger charge is 2.00. The van der Waals surface area contributed by atoms with E-state index in [1.165, 1.54) is 20.9 Å². The van der Waals surface area contributed by atoms with Crippen LogP contribution < -0.4 is 5.73 Å². The molecule has 2 N–H and O–H groups in total. The molecule has 0 atom stereocenters. The van der Waals surface area contributed by atoms with Gasteiger partial charge < -0.3 is 5.73 Å². The molecule has 0 aliphatic rings. The van der Waals surface area contributed by atoms with Gasteiger partial charge in [-0.25, -0.2) is 0 Å². The molecule has 88 valence electrons. The van der Waals surface area contributed by atoms with Crippen molar-refractivity contribution in [3.8, 4) is 0 Å². The van der Waals surface area contributed by atoms with Crippen molar-refractivity contribution < 1.29 is 0 Å². The highest BCUT2D eigenvalue weighted by molar-refractivity contribution is 7.99. The molecule has 0 amide bonds. The molecule has 0 saturated carbocycles. The molecular formula is C15H17NS. The fraction of sp³-hybridized carbons (Fsp3) is 0.200. The fourth-order valence-corrected chi connectivity index (χ4v) is 2.72. The zero-order chi connectivity index (χ0) is 12.3. The minimum Gasteiger partial charge on any atom is -0.399 e. The van der Waals surface area contributed by atoms with E-state index in [0.717, 1.165) is 12.1 Å². The van der Waals surface area contributed by atoms with Crippen molar-refractivity contribution in [3.05, 3.63) is 53.6 Å². The molecule has 0 unspecified atom stereocenters. The first-order chi connectivity index (χ1) is 8.19. The summed E-state index contributed by atoms with van der Waals surface area (Å²) in [6.07, 6.45) is 1.10. The lowest BCUT2D eigenvalue weighted by atomic mass is 10.1. The smallest absolute Gasteiger partial charge is 0.0314 e. The first-order valence-electron chi connectivity index (χ1n) is 5.82. The van der Waals surface area contributed by atoms with Crippen molar-refractivity contribution >= 4 is 17.4 Å². The number of nitrogens with two attached hydrogens (primary N) is 1. The molecular weight excluding hydrogens is 226 g/mol. The number of hydrogen-bond acceptors (Lipinski definition) is 2.